The minimum atomic E-state index is -0.334. The largest absolute Gasteiger partial charge is 0.326 e. The summed E-state index contributed by atoms with van der Waals surface area (Å²) in [6, 6.07) is 16.0. The van der Waals surface area contributed by atoms with Gasteiger partial charge >= 0.3 is 0 Å². The SMILES string of the molecule is CC(C)c1ccc(N2CC(C(=O)Nc3ccc(C(C)(C)C)cc3)CC2=O)cc1. The molecular formula is C24H30N2O2. The zero-order valence-electron chi connectivity index (χ0n) is 17.5. The van der Waals surface area contributed by atoms with Crippen LogP contribution in [0.15, 0.2) is 48.5 Å². The number of rotatable bonds is 4. The van der Waals surface area contributed by atoms with E-state index in [0.29, 0.717) is 12.5 Å². The predicted molar refractivity (Wildman–Crippen MR) is 115 cm³/mol. The van der Waals surface area contributed by atoms with Gasteiger partial charge in [0.2, 0.25) is 11.8 Å². The molecule has 3 rings (SSSR count). The van der Waals surface area contributed by atoms with E-state index in [2.05, 4.69) is 52.1 Å². The summed E-state index contributed by atoms with van der Waals surface area (Å²) in [5, 5.41) is 2.96. The first-order valence-corrected chi connectivity index (χ1v) is 9.97. The van der Waals surface area contributed by atoms with Crippen molar-refractivity contribution in [2.24, 2.45) is 5.92 Å². The van der Waals surface area contributed by atoms with Crippen molar-refractivity contribution in [2.75, 3.05) is 16.8 Å². The molecule has 2 aromatic rings. The summed E-state index contributed by atoms with van der Waals surface area (Å²) >= 11 is 0. The molecule has 0 aliphatic carbocycles. The van der Waals surface area contributed by atoms with Crippen molar-refractivity contribution in [1.29, 1.82) is 0 Å². The smallest absolute Gasteiger partial charge is 0.229 e. The zero-order valence-corrected chi connectivity index (χ0v) is 17.5. The third-order valence-electron chi connectivity index (χ3n) is 5.39. The van der Waals surface area contributed by atoms with Crippen LogP contribution in [0.25, 0.3) is 0 Å². The number of hydrogen-bond acceptors (Lipinski definition) is 2. The van der Waals surface area contributed by atoms with Crippen LogP contribution in [-0.2, 0) is 15.0 Å². The van der Waals surface area contributed by atoms with Gasteiger partial charge in [-0.15, -0.1) is 0 Å². The van der Waals surface area contributed by atoms with Gasteiger partial charge in [0.25, 0.3) is 0 Å². The van der Waals surface area contributed by atoms with Gasteiger partial charge in [-0.25, -0.2) is 0 Å². The first-order valence-electron chi connectivity index (χ1n) is 9.97. The molecule has 1 N–H and O–H groups in total. The maximum Gasteiger partial charge on any atom is 0.229 e. The third-order valence-corrected chi connectivity index (χ3v) is 5.39. The van der Waals surface area contributed by atoms with Gasteiger partial charge in [0, 0.05) is 24.3 Å². The second-order valence-corrected chi connectivity index (χ2v) is 8.97. The highest BCUT2D eigenvalue weighted by Crippen LogP contribution is 2.28. The van der Waals surface area contributed by atoms with Gasteiger partial charge in [-0.2, -0.15) is 0 Å². The van der Waals surface area contributed by atoms with Gasteiger partial charge in [0.05, 0.1) is 5.92 Å². The average molecular weight is 379 g/mol. The average Bonchev–Trinajstić information content (AvgIpc) is 3.03. The third kappa shape index (κ3) is 4.44. The molecule has 1 unspecified atom stereocenters. The number of anilines is 2. The summed E-state index contributed by atoms with van der Waals surface area (Å²) in [5.41, 5.74) is 4.16. The van der Waals surface area contributed by atoms with Gasteiger partial charge in [-0.05, 0) is 46.7 Å². The minimum Gasteiger partial charge on any atom is -0.326 e. The Kier molecular flexibility index (Phi) is 5.59. The van der Waals surface area contributed by atoms with Crippen molar-refractivity contribution in [3.63, 3.8) is 0 Å². The van der Waals surface area contributed by atoms with Crippen LogP contribution < -0.4 is 10.2 Å². The van der Waals surface area contributed by atoms with E-state index in [4.69, 9.17) is 0 Å². The lowest BCUT2D eigenvalue weighted by molar-refractivity contribution is -0.122. The molecule has 148 valence electrons. The van der Waals surface area contributed by atoms with Crippen LogP contribution in [0, 0.1) is 5.92 Å². The lowest BCUT2D eigenvalue weighted by atomic mass is 9.87. The Labute approximate surface area is 167 Å². The molecule has 1 aliphatic heterocycles. The Balaban J connectivity index is 1.65. The predicted octanol–water partition coefficient (Wildman–Crippen LogP) is 5.10. The number of benzene rings is 2. The Morgan fingerprint density at radius 3 is 2.18 bits per heavy atom. The Morgan fingerprint density at radius 2 is 1.64 bits per heavy atom. The van der Waals surface area contributed by atoms with Crippen molar-refractivity contribution >= 4 is 23.2 Å². The zero-order chi connectivity index (χ0) is 20.5. The van der Waals surface area contributed by atoms with Crippen molar-refractivity contribution in [1.82, 2.24) is 0 Å². The van der Waals surface area contributed by atoms with E-state index in [1.54, 1.807) is 4.90 Å². The summed E-state index contributed by atoms with van der Waals surface area (Å²) in [7, 11) is 0. The molecule has 1 fully saturated rings. The highest BCUT2D eigenvalue weighted by Gasteiger charge is 2.35. The fourth-order valence-corrected chi connectivity index (χ4v) is 3.47. The van der Waals surface area contributed by atoms with Crippen LogP contribution >= 0.6 is 0 Å². The molecule has 1 atom stereocenters. The normalized spacial score (nSPS) is 17.3. The lowest BCUT2D eigenvalue weighted by Crippen LogP contribution is -2.28. The molecule has 0 spiro atoms. The maximum atomic E-state index is 12.7. The highest BCUT2D eigenvalue weighted by atomic mass is 16.2. The van der Waals surface area contributed by atoms with Crippen LogP contribution in [0.1, 0.15) is 58.1 Å². The number of amides is 2. The maximum absolute atomic E-state index is 12.7. The van der Waals surface area contributed by atoms with Gasteiger partial charge in [0.15, 0.2) is 0 Å². The van der Waals surface area contributed by atoms with Crippen molar-refractivity contribution in [3.8, 4) is 0 Å². The van der Waals surface area contributed by atoms with E-state index < -0.39 is 0 Å². The number of carbonyl (C=O) groups is 2. The van der Waals surface area contributed by atoms with E-state index in [9.17, 15) is 9.59 Å². The van der Waals surface area contributed by atoms with E-state index >= 15 is 0 Å². The molecule has 4 heteroatoms. The van der Waals surface area contributed by atoms with Crippen LogP contribution in [0.4, 0.5) is 11.4 Å². The second-order valence-electron chi connectivity index (χ2n) is 8.97. The highest BCUT2D eigenvalue weighted by molar-refractivity contribution is 6.03. The van der Waals surface area contributed by atoms with Gasteiger partial charge in [-0.1, -0.05) is 58.9 Å². The van der Waals surface area contributed by atoms with Crippen molar-refractivity contribution in [2.45, 2.75) is 52.4 Å². The van der Waals surface area contributed by atoms with Gasteiger partial charge < -0.3 is 10.2 Å². The number of hydrogen-bond donors (Lipinski definition) is 1. The van der Waals surface area contributed by atoms with E-state index in [1.165, 1.54) is 11.1 Å². The van der Waals surface area contributed by atoms with Crippen LogP contribution in [0.3, 0.4) is 0 Å². The molecule has 0 radical (unpaired) electrons. The molecule has 0 saturated carbocycles. The molecule has 1 saturated heterocycles. The van der Waals surface area contributed by atoms with Gasteiger partial charge in [0.1, 0.15) is 0 Å². The minimum absolute atomic E-state index is 0.000488. The summed E-state index contributed by atoms with van der Waals surface area (Å²) in [5.74, 6) is 0.0183. The van der Waals surface area contributed by atoms with Crippen molar-refractivity contribution in [3.05, 3.63) is 59.7 Å². The van der Waals surface area contributed by atoms with Gasteiger partial charge in [-0.3, -0.25) is 9.59 Å². The Morgan fingerprint density at radius 1 is 1.04 bits per heavy atom. The first-order chi connectivity index (χ1) is 13.1. The summed E-state index contributed by atoms with van der Waals surface area (Å²) in [6.07, 6.45) is 0.248. The van der Waals surface area contributed by atoms with E-state index in [0.717, 1.165) is 11.4 Å². The van der Waals surface area contributed by atoms with E-state index in [1.807, 2.05) is 36.4 Å². The first kappa shape index (κ1) is 20.1. The standard InChI is InChI=1S/C24H30N2O2/c1-16(2)17-6-12-21(13-7-17)26-15-18(14-22(26)27)23(28)25-20-10-8-19(9-11-20)24(3,4)5/h6-13,16,18H,14-15H2,1-5H3,(H,25,28). The number of nitrogens with one attached hydrogen (secondary N) is 1. The topological polar surface area (TPSA) is 49.4 Å². The molecule has 1 heterocycles. The number of carbonyl (C=O) groups excluding carboxylic acids is 2. The molecule has 0 aromatic heterocycles. The van der Waals surface area contributed by atoms with E-state index in [-0.39, 0.29) is 29.6 Å². The Hall–Kier alpha value is -2.62. The number of nitrogens with zero attached hydrogens (tertiary/aromatic N) is 1. The monoisotopic (exact) mass is 378 g/mol. The summed E-state index contributed by atoms with van der Waals surface area (Å²) in [4.78, 5) is 26.9. The lowest BCUT2D eigenvalue weighted by Gasteiger charge is -2.19. The molecule has 2 amide bonds. The molecule has 2 aromatic carbocycles. The van der Waals surface area contributed by atoms with Crippen LogP contribution in [-0.4, -0.2) is 18.4 Å². The molecule has 0 bridgehead atoms. The molecule has 28 heavy (non-hydrogen) atoms. The summed E-state index contributed by atoms with van der Waals surface area (Å²) in [6.45, 7) is 11.2. The second kappa shape index (κ2) is 7.78. The summed E-state index contributed by atoms with van der Waals surface area (Å²) < 4.78 is 0. The van der Waals surface area contributed by atoms with Crippen LogP contribution in [0.2, 0.25) is 0 Å². The van der Waals surface area contributed by atoms with Crippen molar-refractivity contribution < 1.29 is 9.59 Å². The molecular weight excluding hydrogens is 348 g/mol. The quantitative estimate of drug-likeness (QED) is 0.805. The Bertz CT molecular complexity index is 846. The fourth-order valence-electron chi connectivity index (χ4n) is 3.47. The molecule has 4 nitrogen and oxygen atoms in total. The van der Waals surface area contributed by atoms with Crippen LogP contribution in [0.5, 0.6) is 0 Å². The molecule has 1 aliphatic rings. The fraction of sp³-hybridized carbons (Fsp3) is 0.417.